The normalized spacial score (nSPS) is 12.0. The van der Waals surface area contributed by atoms with Crippen LogP contribution in [0.3, 0.4) is 0 Å². The third kappa shape index (κ3) is 5.84. The predicted molar refractivity (Wildman–Crippen MR) is 128 cm³/mol. The van der Waals surface area contributed by atoms with Gasteiger partial charge in [0.1, 0.15) is 18.0 Å². The van der Waals surface area contributed by atoms with Gasteiger partial charge < -0.3 is 14.8 Å². The standard InChI is InChI=1S/C25H28N2O5S/c1-4-32-24-13-9-8-12-23(24)27(33(29,30)22-10-6-5-7-11-22)18-25(28)26-19(2)20-14-16-21(31-3)17-15-20/h5-17,19H,4,18H2,1-3H3,(H,26,28). The van der Waals surface area contributed by atoms with Crippen molar-refractivity contribution >= 4 is 21.6 Å². The second-order valence-electron chi connectivity index (χ2n) is 7.29. The Balaban J connectivity index is 1.90. The first-order valence-electron chi connectivity index (χ1n) is 10.6. The van der Waals surface area contributed by atoms with E-state index in [-0.39, 0.29) is 10.9 Å². The molecular formula is C25H28N2O5S. The van der Waals surface area contributed by atoms with Crippen molar-refractivity contribution in [2.24, 2.45) is 0 Å². The molecule has 0 saturated carbocycles. The van der Waals surface area contributed by atoms with Gasteiger partial charge in [0, 0.05) is 0 Å². The maximum atomic E-state index is 13.5. The highest BCUT2D eigenvalue weighted by Crippen LogP contribution is 2.32. The Kier molecular flexibility index (Phi) is 7.95. The number of anilines is 1. The molecule has 7 nitrogen and oxygen atoms in total. The fourth-order valence-corrected chi connectivity index (χ4v) is 4.81. The Morgan fingerprint density at radius 3 is 2.24 bits per heavy atom. The summed E-state index contributed by atoms with van der Waals surface area (Å²) >= 11 is 0. The summed E-state index contributed by atoms with van der Waals surface area (Å²) in [4.78, 5) is 13.1. The number of rotatable bonds is 10. The van der Waals surface area contributed by atoms with E-state index < -0.39 is 22.5 Å². The van der Waals surface area contributed by atoms with E-state index in [0.29, 0.717) is 23.8 Å². The Bertz CT molecular complexity index is 1160. The minimum absolute atomic E-state index is 0.0901. The molecule has 0 radical (unpaired) electrons. The van der Waals surface area contributed by atoms with Crippen LogP contribution in [0.4, 0.5) is 5.69 Å². The predicted octanol–water partition coefficient (Wildman–Crippen LogP) is 4.17. The lowest BCUT2D eigenvalue weighted by molar-refractivity contribution is -0.120. The summed E-state index contributed by atoms with van der Waals surface area (Å²) in [5.41, 5.74) is 1.17. The number of hydrogen-bond donors (Lipinski definition) is 1. The third-order valence-electron chi connectivity index (χ3n) is 5.05. The minimum atomic E-state index is -4.02. The lowest BCUT2D eigenvalue weighted by Gasteiger charge is -2.26. The molecule has 1 atom stereocenters. The van der Waals surface area contributed by atoms with Crippen molar-refractivity contribution in [1.82, 2.24) is 5.32 Å². The highest BCUT2D eigenvalue weighted by atomic mass is 32.2. The average Bonchev–Trinajstić information content (AvgIpc) is 2.83. The van der Waals surface area contributed by atoms with E-state index in [2.05, 4.69) is 5.32 Å². The molecule has 0 saturated heterocycles. The van der Waals surface area contributed by atoms with Crippen molar-refractivity contribution in [3.8, 4) is 11.5 Å². The molecule has 0 spiro atoms. The second-order valence-corrected chi connectivity index (χ2v) is 9.15. The summed E-state index contributed by atoms with van der Waals surface area (Å²) in [6.07, 6.45) is 0. The fourth-order valence-electron chi connectivity index (χ4n) is 3.35. The van der Waals surface area contributed by atoms with Gasteiger partial charge in [0.05, 0.1) is 30.3 Å². The lowest BCUT2D eigenvalue weighted by atomic mass is 10.1. The Labute approximate surface area is 195 Å². The zero-order chi connectivity index (χ0) is 23.8. The number of amides is 1. The van der Waals surface area contributed by atoms with Gasteiger partial charge in [0.2, 0.25) is 5.91 Å². The molecule has 33 heavy (non-hydrogen) atoms. The topological polar surface area (TPSA) is 84.9 Å². The highest BCUT2D eigenvalue weighted by Gasteiger charge is 2.29. The van der Waals surface area contributed by atoms with E-state index >= 15 is 0 Å². The van der Waals surface area contributed by atoms with Crippen molar-refractivity contribution in [2.75, 3.05) is 24.6 Å². The van der Waals surface area contributed by atoms with Crippen LogP contribution >= 0.6 is 0 Å². The van der Waals surface area contributed by atoms with Crippen LogP contribution < -0.4 is 19.1 Å². The Morgan fingerprint density at radius 2 is 1.61 bits per heavy atom. The van der Waals surface area contributed by atoms with Crippen LogP contribution in [0.5, 0.6) is 11.5 Å². The van der Waals surface area contributed by atoms with Gasteiger partial charge in [0.15, 0.2) is 0 Å². The molecule has 0 aromatic heterocycles. The Hall–Kier alpha value is -3.52. The van der Waals surface area contributed by atoms with Gasteiger partial charge in [-0.15, -0.1) is 0 Å². The van der Waals surface area contributed by atoms with Gasteiger partial charge in [-0.05, 0) is 55.8 Å². The van der Waals surface area contributed by atoms with E-state index in [1.807, 2.05) is 38.1 Å². The number of ether oxygens (including phenoxy) is 2. The van der Waals surface area contributed by atoms with Crippen molar-refractivity contribution in [3.05, 3.63) is 84.4 Å². The number of benzene rings is 3. The molecule has 0 aliphatic rings. The van der Waals surface area contributed by atoms with Crippen molar-refractivity contribution in [3.63, 3.8) is 0 Å². The molecule has 0 bridgehead atoms. The van der Waals surface area contributed by atoms with Crippen LogP contribution in [0.25, 0.3) is 0 Å². The maximum absolute atomic E-state index is 13.5. The van der Waals surface area contributed by atoms with E-state index in [1.165, 1.54) is 12.1 Å². The van der Waals surface area contributed by atoms with Crippen LogP contribution in [0.15, 0.2) is 83.8 Å². The number of para-hydroxylation sites is 2. The van der Waals surface area contributed by atoms with Gasteiger partial charge >= 0.3 is 0 Å². The SMILES string of the molecule is CCOc1ccccc1N(CC(=O)NC(C)c1ccc(OC)cc1)S(=O)(=O)c1ccccc1. The van der Waals surface area contributed by atoms with Gasteiger partial charge in [-0.1, -0.05) is 42.5 Å². The third-order valence-corrected chi connectivity index (χ3v) is 6.82. The summed E-state index contributed by atoms with van der Waals surface area (Å²) in [5, 5.41) is 2.88. The molecule has 3 rings (SSSR count). The molecule has 1 unspecified atom stereocenters. The zero-order valence-electron chi connectivity index (χ0n) is 18.9. The second kappa shape index (κ2) is 10.9. The van der Waals surface area contributed by atoms with E-state index in [4.69, 9.17) is 9.47 Å². The van der Waals surface area contributed by atoms with Crippen molar-refractivity contribution in [2.45, 2.75) is 24.8 Å². The quantitative estimate of drug-likeness (QED) is 0.483. The van der Waals surface area contributed by atoms with Crippen LogP contribution in [-0.4, -0.2) is 34.6 Å². The molecule has 0 heterocycles. The van der Waals surface area contributed by atoms with E-state index in [0.717, 1.165) is 9.87 Å². The molecule has 0 fully saturated rings. The molecular weight excluding hydrogens is 440 g/mol. The average molecular weight is 469 g/mol. The minimum Gasteiger partial charge on any atom is -0.497 e. The van der Waals surface area contributed by atoms with Crippen LogP contribution in [0.2, 0.25) is 0 Å². The molecule has 3 aromatic rings. The van der Waals surface area contributed by atoms with Gasteiger partial charge in [-0.2, -0.15) is 0 Å². The Morgan fingerprint density at radius 1 is 0.970 bits per heavy atom. The van der Waals surface area contributed by atoms with Crippen LogP contribution in [-0.2, 0) is 14.8 Å². The number of carbonyl (C=O) groups excluding carboxylic acids is 1. The lowest BCUT2D eigenvalue weighted by Crippen LogP contribution is -2.41. The first kappa shape index (κ1) is 24.1. The first-order valence-corrected chi connectivity index (χ1v) is 12.0. The summed E-state index contributed by atoms with van der Waals surface area (Å²) in [5.74, 6) is 0.657. The van der Waals surface area contributed by atoms with E-state index in [9.17, 15) is 13.2 Å². The first-order chi connectivity index (χ1) is 15.9. The summed E-state index contributed by atoms with van der Waals surface area (Å²) < 4.78 is 39.0. The van der Waals surface area contributed by atoms with Gasteiger partial charge in [-0.3, -0.25) is 9.10 Å². The van der Waals surface area contributed by atoms with Crippen LogP contribution in [0.1, 0.15) is 25.5 Å². The molecule has 3 aromatic carbocycles. The molecule has 1 amide bonds. The largest absolute Gasteiger partial charge is 0.497 e. The van der Waals surface area contributed by atoms with Gasteiger partial charge in [0.25, 0.3) is 10.0 Å². The van der Waals surface area contributed by atoms with E-state index in [1.54, 1.807) is 49.6 Å². The molecule has 8 heteroatoms. The molecule has 174 valence electrons. The number of nitrogens with zero attached hydrogens (tertiary/aromatic N) is 1. The number of nitrogens with one attached hydrogen (secondary N) is 1. The van der Waals surface area contributed by atoms with Crippen molar-refractivity contribution < 1.29 is 22.7 Å². The van der Waals surface area contributed by atoms with Gasteiger partial charge in [-0.25, -0.2) is 8.42 Å². The number of carbonyl (C=O) groups is 1. The summed E-state index contributed by atoms with van der Waals surface area (Å²) in [6, 6.07) is 21.8. The molecule has 0 aliphatic heterocycles. The highest BCUT2D eigenvalue weighted by molar-refractivity contribution is 7.92. The zero-order valence-corrected chi connectivity index (χ0v) is 19.7. The monoisotopic (exact) mass is 468 g/mol. The molecule has 0 aliphatic carbocycles. The van der Waals surface area contributed by atoms with Crippen LogP contribution in [0, 0.1) is 0 Å². The number of methoxy groups -OCH3 is 1. The fraction of sp³-hybridized carbons (Fsp3) is 0.240. The number of hydrogen-bond acceptors (Lipinski definition) is 5. The molecule has 1 N–H and O–H groups in total. The number of sulfonamides is 1. The maximum Gasteiger partial charge on any atom is 0.264 e. The summed E-state index contributed by atoms with van der Waals surface area (Å²) in [7, 11) is -2.44. The smallest absolute Gasteiger partial charge is 0.264 e. The van der Waals surface area contributed by atoms with Crippen molar-refractivity contribution in [1.29, 1.82) is 0 Å². The summed E-state index contributed by atoms with van der Waals surface area (Å²) in [6.45, 7) is 3.61.